The fourth-order valence-corrected chi connectivity index (χ4v) is 3.62. The molecule has 0 unspecified atom stereocenters. The predicted molar refractivity (Wildman–Crippen MR) is 73.2 cm³/mol. The summed E-state index contributed by atoms with van der Waals surface area (Å²) in [7, 11) is 1.97. The van der Waals surface area contributed by atoms with Gasteiger partial charge in [-0.05, 0) is 48.1 Å². The molecule has 86 valence electrons. The van der Waals surface area contributed by atoms with Gasteiger partial charge < -0.3 is 5.32 Å². The van der Waals surface area contributed by atoms with Crippen LogP contribution >= 0.6 is 38.6 Å². The molecule has 0 amide bonds. The average Bonchev–Trinajstić information content (AvgIpc) is 2.87. The lowest BCUT2D eigenvalue weighted by Crippen LogP contribution is -2.08. The fraction of sp³-hybridized carbons (Fsp3) is 0.400. The summed E-state index contributed by atoms with van der Waals surface area (Å²) in [5.74, 6) is 0. The van der Waals surface area contributed by atoms with Crippen LogP contribution in [0.5, 0.6) is 0 Å². The zero-order valence-corrected chi connectivity index (χ0v) is 12.1. The summed E-state index contributed by atoms with van der Waals surface area (Å²) in [4.78, 5) is 1.18. The van der Waals surface area contributed by atoms with Gasteiger partial charge in [0.15, 0.2) is 5.01 Å². The maximum absolute atomic E-state index is 4.22. The number of rotatable bonds is 5. The molecule has 0 fully saturated rings. The Morgan fingerprint density at radius 2 is 2.19 bits per heavy atom. The minimum atomic E-state index is 1.01. The first-order valence-electron chi connectivity index (χ1n) is 5.02. The summed E-state index contributed by atoms with van der Waals surface area (Å²) in [6.45, 7) is 1.03. The molecule has 0 aliphatic carbocycles. The largest absolute Gasteiger partial charge is 0.320 e. The summed E-state index contributed by atoms with van der Waals surface area (Å²) in [6.07, 6.45) is 2.12. The second-order valence-corrected chi connectivity index (χ2v) is 6.84. The Kier molecular flexibility index (Phi) is 4.45. The van der Waals surface area contributed by atoms with Crippen LogP contribution in [-0.4, -0.2) is 23.8 Å². The van der Waals surface area contributed by atoms with Crippen molar-refractivity contribution in [3.8, 4) is 9.88 Å². The number of nitrogens with one attached hydrogen (secondary N) is 1. The van der Waals surface area contributed by atoms with E-state index in [0.717, 1.165) is 33.2 Å². The predicted octanol–water partition coefficient (Wildman–Crippen LogP) is 3.18. The van der Waals surface area contributed by atoms with Gasteiger partial charge in [0.05, 0.1) is 8.66 Å². The smallest absolute Gasteiger partial charge is 0.157 e. The molecule has 3 nitrogen and oxygen atoms in total. The molecule has 0 radical (unpaired) electrons. The topological polar surface area (TPSA) is 37.8 Å². The lowest BCUT2D eigenvalue weighted by molar-refractivity contribution is 0.718. The molecule has 0 bridgehead atoms. The van der Waals surface area contributed by atoms with Crippen molar-refractivity contribution in [2.45, 2.75) is 12.8 Å². The number of hydrogen-bond donors (Lipinski definition) is 1. The number of hydrogen-bond acceptors (Lipinski definition) is 5. The SMILES string of the molecule is CNCCCc1nnc(-c2ccc(Br)s2)s1. The Morgan fingerprint density at radius 1 is 1.31 bits per heavy atom. The van der Waals surface area contributed by atoms with E-state index in [2.05, 4.69) is 37.5 Å². The third-order valence-electron chi connectivity index (χ3n) is 2.07. The van der Waals surface area contributed by atoms with Gasteiger partial charge in [-0.15, -0.1) is 21.5 Å². The van der Waals surface area contributed by atoms with Crippen molar-refractivity contribution in [2.75, 3.05) is 13.6 Å². The van der Waals surface area contributed by atoms with Gasteiger partial charge in [-0.25, -0.2) is 0 Å². The standard InChI is InChI=1S/C10H12BrN3S2/c1-12-6-2-3-9-13-14-10(16-9)7-4-5-8(11)15-7/h4-5,12H,2-3,6H2,1H3. The van der Waals surface area contributed by atoms with E-state index in [1.54, 1.807) is 22.7 Å². The molecule has 2 rings (SSSR count). The van der Waals surface area contributed by atoms with Gasteiger partial charge in [0.2, 0.25) is 0 Å². The zero-order valence-electron chi connectivity index (χ0n) is 8.86. The van der Waals surface area contributed by atoms with Crippen LogP contribution in [0.1, 0.15) is 11.4 Å². The summed E-state index contributed by atoms with van der Waals surface area (Å²) in [5, 5.41) is 13.7. The van der Waals surface area contributed by atoms with Gasteiger partial charge in [-0.1, -0.05) is 11.3 Å². The normalized spacial score (nSPS) is 10.9. The van der Waals surface area contributed by atoms with E-state index in [-0.39, 0.29) is 0 Å². The average molecular weight is 318 g/mol. The molecular weight excluding hydrogens is 306 g/mol. The Morgan fingerprint density at radius 3 is 2.88 bits per heavy atom. The number of thiophene rings is 1. The lowest BCUT2D eigenvalue weighted by Gasteiger charge is -1.94. The third-order valence-corrected chi connectivity index (χ3v) is 4.84. The molecule has 0 spiro atoms. The quantitative estimate of drug-likeness (QED) is 0.861. The first kappa shape index (κ1) is 12.2. The molecule has 2 aromatic heterocycles. The molecule has 0 aliphatic heterocycles. The zero-order chi connectivity index (χ0) is 11.4. The van der Waals surface area contributed by atoms with Crippen molar-refractivity contribution in [3.05, 3.63) is 20.9 Å². The van der Waals surface area contributed by atoms with Crippen LogP contribution in [0, 0.1) is 0 Å². The fourth-order valence-electron chi connectivity index (χ4n) is 1.30. The number of halogens is 1. The van der Waals surface area contributed by atoms with Crippen LogP contribution in [0.25, 0.3) is 9.88 Å². The minimum absolute atomic E-state index is 1.01. The summed E-state index contributed by atoms with van der Waals surface area (Å²) >= 11 is 6.84. The van der Waals surface area contributed by atoms with Gasteiger partial charge in [-0.3, -0.25) is 0 Å². The Bertz CT molecular complexity index is 452. The van der Waals surface area contributed by atoms with Gasteiger partial charge in [0.1, 0.15) is 5.01 Å². The van der Waals surface area contributed by atoms with Crippen LogP contribution in [0.3, 0.4) is 0 Å². The highest BCUT2D eigenvalue weighted by molar-refractivity contribution is 9.11. The second-order valence-electron chi connectivity index (χ2n) is 3.31. The molecule has 6 heteroatoms. The highest BCUT2D eigenvalue weighted by Gasteiger charge is 2.08. The van der Waals surface area contributed by atoms with E-state index in [1.807, 2.05) is 13.1 Å². The molecular formula is C10H12BrN3S2. The maximum Gasteiger partial charge on any atom is 0.157 e. The third kappa shape index (κ3) is 3.10. The van der Waals surface area contributed by atoms with Crippen molar-refractivity contribution in [1.82, 2.24) is 15.5 Å². The summed E-state index contributed by atoms with van der Waals surface area (Å²) in [5.41, 5.74) is 0. The van der Waals surface area contributed by atoms with E-state index in [4.69, 9.17) is 0 Å². The molecule has 0 saturated carbocycles. The Balaban J connectivity index is 2.02. The number of nitrogens with zero attached hydrogens (tertiary/aromatic N) is 2. The number of aryl methyl sites for hydroxylation is 1. The lowest BCUT2D eigenvalue weighted by atomic mass is 10.3. The van der Waals surface area contributed by atoms with E-state index in [0.29, 0.717) is 0 Å². The van der Waals surface area contributed by atoms with Crippen molar-refractivity contribution in [3.63, 3.8) is 0 Å². The molecule has 1 N–H and O–H groups in total. The van der Waals surface area contributed by atoms with Crippen LogP contribution in [0.2, 0.25) is 0 Å². The Labute approximate surface area is 111 Å². The number of aromatic nitrogens is 2. The van der Waals surface area contributed by atoms with Crippen molar-refractivity contribution in [2.24, 2.45) is 0 Å². The highest BCUT2D eigenvalue weighted by atomic mass is 79.9. The summed E-state index contributed by atoms with van der Waals surface area (Å²) in [6, 6.07) is 4.12. The molecule has 2 heterocycles. The molecule has 16 heavy (non-hydrogen) atoms. The van der Waals surface area contributed by atoms with Crippen LogP contribution in [0.4, 0.5) is 0 Å². The monoisotopic (exact) mass is 317 g/mol. The van der Waals surface area contributed by atoms with E-state index < -0.39 is 0 Å². The van der Waals surface area contributed by atoms with Crippen molar-refractivity contribution in [1.29, 1.82) is 0 Å². The first-order chi connectivity index (χ1) is 7.79. The van der Waals surface area contributed by atoms with Crippen LogP contribution < -0.4 is 5.32 Å². The van der Waals surface area contributed by atoms with Crippen molar-refractivity contribution >= 4 is 38.6 Å². The highest BCUT2D eigenvalue weighted by Crippen LogP contribution is 2.33. The Hall–Kier alpha value is -0.300. The first-order valence-corrected chi connectivity index (χ1v) is 7.45. The maximum atomic E-state index is 4.22. The van der Waals surface area contributed by atoms with Gasteiger partial charge in [0.25, 0.3) is 0 Å². The molecule has 0 atom stereocenters. The second kappa shape index (κ2) is 5.86. The van der Waals surface area contributed by atoms with Gasteiger partial charge in [-0.2, -0.15) is 0 Å². The van der Waals surface area contributed by atoms with Crippen LogP contribution in [0.15, 0.2) is 15.9 Å². The van der Waals surface area contributed by atoms with E-state index >= 15 is 0 Å². The molecule has 0 aromatic carbocycles. The summed E-state index contributed by atoms with van der Waals surface area (Å²) < 4.78 is 1.13. The minimum Gasteiger partial charge on any atom is -0.320 e. The van der Waals surface area contributed by atoms with Crippen molar-refractivity contribution < 1.29 is 0 Å². The van der Waals surface area contributed by atoms with E-state index in [1.165, 1.54) is 4.88 Å². The molecule has 0 saturated heterocycles. The van der Waals surface area contributed by atoms with Gasteiger partial charge >= 0.3 is 0 Å². The molecule has 0 aliphatic rings. The van der Waals surface area contributed by atoms with E-state index in [9.17, 15) is 0 Å². The molecule has 2 aromatic rings. The van der Waals surface area contributed by atoms with Gasteiger partial charge in [0, 0.05) is 6.42 Å². The van der Waals surface area contributed by atoms with Crippen LogP contribution in [-0.2, 0) is 6.42 Å².